The van der Waals surface area contributed by atoms with Gasteiger partial charge in [0.1, 0.15) is 10.8 Å². The van der Waals surface area contributed by atoms with E-state index in [9.17, 15) is 9.90 Å². The summed E-state index contributed by atoms with van der Waals surface area (Å²) in [5.41, 5.74) is 0.929. The summed E-state index contributed by atoms with van der Waals surface area (Å²) < 4.78 is 0. The van der Waals surface area contributed by atoms with Crippen molar-refractivity contribution < 1.29 is 9.90 Å². The number of rotatable bonds is 6. The summed E-state index contributed by atoms with van der Waals surface area (Å²) in [4.78, 5) is 20.2. The monoisotopic (exact) mass is 339 g/mol. The van der Waals surface area contributed by atoms with Crippen molar-refractivity contribution in [1.29, 1.82) is 0 Å². The van der Waals surface area contributed by atoms with Crippen molar-refractivity contribution in [3.63, 3.8) is 0 Å². The quantitative estimate of drug-likeness (QED) is 0.792. The van der Waals surface area contributed by atoms with Crippen LogP contribution in [-0.2, 0) is 6.42 Å². The van der Waals surface area contributed by atoms with Crippen LogP contribution in [-0.4, -0.2) is 34.1 Å². The molecule has 0 spiro atoms. The number of carbonyl (C=O) groups excluding carboxylic acids is 1. The summed E-state index contributed by atoms with van der Waals surface area (Å²) in [6.45, 7) is 0.226. The third-order valence-corrected chi connectivity index (χ3v) is 3.58. The van der Waals surface area contributed by atoms with Crippen molar-refractivity contribution in [3.05, 3.63) is 58.1 Å². The van der Waals surface area contributed by atoms with Crippen LogP contribution in [0.1, 0.15) is 16.2 Å². The highest BCUT2D eigenvalue weighted by atomic mass is 35.5. The SMILES string of the molecule is O=C(NC[C@@H](CO)Cc1ccccn1)c1nc(Cl)ccc1Cl. The number of aliphatic hydroxyl groups excluding tert-OH is 1. The topological polar surface area (TPSA) is 75.1 Å². The molecule has 116 valence electrons. The summed E-state index contributed by atoms with van der Waals surface area (Å²) in [6.07, 6.45) is 2.26. The Balaban J connectivity index is 1.95. The number of aliphatic hydroxyl groups is 1. The maximum absolute atomic E-state index is 12.1. The van der Waals surface area contributed by atoms with E-state index in [-0.39, 0.29) is 34.9 Å². The number of hydrogen-bond acceptors (Lipinski definition) is 4. The van der Waals surface area contributed by atoms with Crippen molar-refractivity contribution >= 4 is 29.1 Å². The molecule has 2 heterocycles. The summed E-state index contributed by atoms with van der Waals surface area (Å²) in [5.74, 6) is -0.566. The first-order chi connectivity index (χ1) is 10.6. The van der Waals surface area contributed by atoms with Crippen molar-refractivity contribution in [2.45, 2.75) is 6.42 Å². The van der Waals surface area contributed by atoms with E-state index in [1.165, 1.54) is 12.1 Å². The zero-order valence-electron chi connectivity index (χ0n) is 11.7. The fraction of sp³-hybridized carbons (Fsp3) is 0.267. The average Bonchev–Trinajstić information content (AvgIpc) is 2.54. The maximum atomic E-state index is 12.1. The van der Waals surface area contributed by atoms with Gasteiger partial charge in [-0.1, -0.05) is 29.3 Å². The van der Waals surface area contributed by atoms with Gasteiger partial charge in [-0.2, -0.15) is 0 Å². The van der Waals surface area contributed by atoms with Gasteiger partial charge in [0.15, 0.2) is 0 Å². The highest BCUT2D eigenvalue weighted by Crippen LogP contribution is 2.16. The summed E-state index contributed by atoms with van der Waals surface area (Å²) in [5, 5.41) is 12.6. The molecule has 0 aliphatic rings. The Morgan fingerprint density at radius 2 is 2.09 bits per heavy atom. The van der Waals surface area contributed by atoms with Gasteiger partial charge >= 0.3 is 0 Å². The van der Waals surface area contributed by atoms with E-state index in [2.05, 4.69) is 15.3 Å². The molecular formula is C15H15Cl2N3O2. The lowest BCUT2D eigenvalue weighted by Gasteiger charge is -2.14. The molecule has 0 saturated heterocycles. The van der Waals surface area contributed by atoms with Crippen LogP contribution in [0.5, 0.6) is 0 Å². The Hall–Kier alpha value is -1.69. The lowest BCUT2D eigenvalue weighted by Crippen LogP contribution is -2.32. The third-order valence-electron chi connectivity index (χ3n) is 3.06. The van der Waals surface area contributed by atoms with E-state index in [1.54, 1.807) is 6.20 Å². The minimum Gasteiger partial charge on any atom is -0.396 e. The average molecular weight is 340 g/mol. The first-order valence-electron chi connectivity index (χ1n) is 6.71. The Bertz CT molecular complexity index is 638. The van der Waals surface area contributed by atoms with Crippen molar-refractivity contribution in [2.75, 3.05) is 13.2 Å². The standard InChI is InChI=1S/C15H15Cl2N3O2/c16-12-4-5-13(17)20-14(12)15(22)19-8-10(9-21)7-11-3-1-2-6-18-11/h1-6,10,21H,7-9H2,(H,19,22)/t10-/m0/s1. The summed E-state index contributed by atoms with van der Waals surface area (Å²) in [6, 6.07) is 8.61. The van der Waals surface area contributed by atoms with Crippen LogP contribution in [0, 0.1) is 5.92 Å². The van der Waals surface area contributed by atoms with Crippen LogP contribution < -0.4 is 5.32 Å². The van der Waals surface area contributed by atoms with Gasteiger partial charge < -0.3 is 10.4 Å². The molecule has 0 fully saturated rings. The van der Waals surface area contributed by atoms with Crippen LogP contribution in [0.2, 0.25) is 10.2 Å². The lowest BCUT2D eigenvalue weighted by atomic mass is 10.0. The van der Waals surface area contributed by atoms with Crippen molar-refractivity contribution in [2.24, 2.45) is 5.92 Å². The van der Waals surface area contributed by atoms with Gasteiger partial charge in [0, 0.05) is 31.0 Å². The maximum Gasteiger partial charge on any atom is 0.271 e. The van der Waals surface area contributed by atoms with Crippen LogP contribution >= 0.6 is 23.2 Å². The molecule has 2 rings (SSSR count). The second-order valence-corrected chi connectivity index (χ2v) is 5.54. The highest BCUT2D eigenvalue weighted by molar-refractivity contribution is 6.34. The smallest absolute Gasteiger partial charge is 0.271 e. The summed E-state index contributed by atoms with van der Waals surface area (Å²) >= 11 is 11.7. The van der Waals surface area contributed by atoms with Crippen molar-refractivity contribution in [1.82, 2.24) is 15.3 Å². The molecule has 0 aliphatic heterocycles. The third kappa shape index (κ3) is 4.66. The minimum atomic E-state index is -0.424. The van der Waals surface area contributed by atoms with Gasteiger partial charge in [0.2, 0.25) is 0 Å². The second-order valence-electron chi connectivity index (χ2n) is 4.75. The number of halogens is 2. The molecule has 0 saturated carbocycles. The molecule has 1 amide bonds. The normalized spacial score (nSPS) is 12.0. The van der Waals surface area contributed by atoms with Crippen LogP contribution in [0.25, 0.3) is 0 Å². The molecule has 22 heavy (non-hydrogen) atoms. The number of hydrogen-bond donors (Lipinski definition) is 2. The van der Waals surface area contributed by atoms with Crippen LogP contribution in [0.15, 0.2) is 36.5 Å². The first kappa shape index (κ1) is 16.7. The zero-order valence-corrected chi connectivity index (χ0v) is 13.2. The molecule has 0 aliphatic carbocycles. The van der Waals surface area contributed by atoms with Gasteiger partial charge in [0.05, 0.1) is 5.02 Å². The first-order valence-corrected chi connectivity index (χ1v) is 7.46. The number of carbonyl (C=O) groups is 1. The van der Waals surface area contributed by atoms with Crippen LogP contribution in [0.3, 0.4) is 0 Å². The predicted molar refractivity (Wildman–Crippen MR) is 85.1 cm³/mol. The minimum absolute atomic E-state index is 0.0619. The van der Waals surface area contributed by atoms with E-state index >= 15 is 0 Å². The number of nitrogens with one attached hydrogen (secondary N) is 1. The molecule has 7 heteroatoms. The van der Waals surface area contributed by atoms with Crippen molar-refractivity contribution in [3.8, 4) is 0 Å². The zero-order chi connectivity index (χ0) is 15.9. The molecule has 0 aromatic carbocycles. The van der Waals surface area contributed by atoms with E-state index in [0.29, 0.717) is 6.42 Å². The highest BCUT2D eigenvalue weighted by Gasteiger charge is 2.16. The number of amides is 1. The molecule has 0 radical (unpaired) electrons. The second kappa shape index (κ2) is 8.08. The van der Waals surface area contributed by atoms with E-state index < -0.39 is 5.91 Å². The molecule has 5 nitrogen and oxygen atoms in total. The molecule has 1 atom stereocenters. The number of aromatic nitrogens is 2. The summed E-state index contributed by atoms with van der Waals surface area (Å²) in [7, 11) is 0. The fourth-order valence-corrected chi connectivity index (χ4v) is 2.25. The lowest BCUT2D eigenvalue weighted by molar-refractivity contribution is 0.0935. The largest absolute Gasteiger partial charge is 0.396 e. The fourth-order valence-electron chi connectivity index (χ4n) is 1.91. The van der Waals surface area contributed by atoms with Gasteiger partial charge in [-0.3, -0.25) is 9.78 Å². The molecule has 2 aromatic rings. The number of pyridine rings is 2. The van der Waals surface area contributed by atoms with Gasteiger partial charge in [0.25, 0.3) is 5.91 Å². The Labute approximate surface area is 138 Å². The van der Waals surface area contributed by atoms with E-state index in [4.69, 9.17) is 23.2 Å². The van der Waals surface area contributed by atoms with Gasteiger partial charge in [-0.05, 0) is 30.7 Å². The molecule has 0 bridgehead atoms. The van der Waals surface area contributed by atoms with Gasteiger partial charge in [-0.15, -0.1) is 0 Å². The molecule has 0 unspecified atom stereocenters. The van der Waals surface area contributed by atoms with Crippen LogP contribution in [0.4, 0.5) is 0 Å². The van der Waals surface area contributed by atoms with E-state index in [0.717, 1.165) is 5.69 Å². The Kier molecular flexibility index (Phi) is 6.12. The molecule has 2 aromatic heterocycles. The Morgan fingerprint density at radius 1 is 1.27 bits per heavy atom. The Morgan fingerprint density at radius 3 is 2.77 bits per heavy atom. The molecule has 2 N–H and O–H groups in total. The number of nitrogens with zero attached hydrogens (tertiary/aromatic N) is 2. The molecular weight excluding hydrogens is 325 g/mol. The van der Waals surface area contributed by atoms with E-state index in [1.807, 2.05) is 18.2 Å². The van der Waals surface area contributed by atoms with Gasteiger partial charge in [-0.25, -0.2) is 4.98 Å². The predicted octanol–water partition coefficient (Wildman–Crippen LogP) is 2.36.